The lowest BCUT2D eigenvalue weighted by Crippen LogP contribution is -1.69. The highest BCUT2D eigenvalue weighted by atomic mass is 79.9. The topological polar surface area (TPSA) is 26.3 Å². The molecule has 0 aliphatic rings. The van der Waals surface area contributed by atoms with Crippen molar-refractivity contribution in [3.8, 4) is 11.5 Å². The van der Waals surface area contributed by atoms with Gasteiger partial charge in [-0.15, -0.1) is 0 Å². The zero-order valence-electron chi connectivity index (χ0n) is 6.48. The standard InChI is InChI=1S/C8H2Br4O2/c9-3-1-5(11)13-7(3)8-4(10)2-6(12)14-8/h1-2H. The van der Waals surface area contributed by atoms with Crippen molar-refractivity contribution >= 4 is 63.7 Å². The molecule has 0 radical (unpaired) electrons. The van der Waals surface area contributed by atoms with Gasteiger partial charge in [0.25, 0.3) is 0 Å². The second-order valence-electron chi connectivity index (χ2n) is 2.46. The number of hydrogen-bond acceptors (Lipinski definition) is 2. The van der Waals surface area contributed by atoms with E-state index in [0.717, 1.165) is 8.95 Å². The van der Waals surface area contributed by atoms with Crippen LogP contribution in [0.5, 0.6) is 0 Å². The Morgan fingerprint density at radius 1 is 0.714 bits per heavy atom. The molecule has 2 aromatic heterocycles. The van der Waals surface area contributed by atoms with Crippen LogP contribution in [-0.4, -0.2) is 0 Å². The molecule has 0 aromatic carbocycles. The third-order valence-corrected chi connectivity index (χ3v) is 3.48. The molecule has 0 saturated heterocycles. The van der Waals surface area contributed by atoms with Gasteiger partial charge in [-0.3, -0.25) is 0 Å². The Balaban J connectivity index is 2.59. The first-order valence-electron chi connectivity index (χ1n) is 3.48. The van der Waals surface area contributed by atoms with E-state index in [0.29, 0.717) is 20.9 Å². The second kappa shape index (κ2) is 4.15. The van der Waals surface area contributed by atoms with Gasteiger partial charge in [0.1, 0.15) is 0 Å². The molecule has 2 rings (SSSR count). The van der Waals surface area contributed by atoms with Gasteiger partial charge in [-0.1, -0.05) is 0 Å². The maximum absolute atomic E-state index is 5.42. The quantitative estimate of drug-likeness (QED) is 0.567. The van der Waals surface area contributed by atoms with Crippen LogP contribution in [0, 0.1) is 0 Å². The molecule has 74 valence electrons. The van der Waals surface area contributed by atoms with Gasteiger partial charge in [0, 0.05) is 12.1 Å². The molecule has 0 saturated carbocycles. The molecule has 0 unspecified atom stereocenters. The summed E-state index contributed by atoms with van der Waals surface area (Å²) in [6.07, 6.45) is 0. The number of furan rings is 2. The van der Waals surface area contributed by atoms with Crippen LogP contribution in [0.3, 0.4) is 0 Å². The van der Waals surface area contributed by atoms with E-state index in [9.17, 15) is 0 Å². The maximum atomic E-state index is 5.42. The van der Waals surface area contributed by atoms with E-state index in [1.165, 1.54) is 0 Å². The Labute approximate surface area is 114 Å². The van der Waals surface area contributed by atoms with Crippen LogP contribution < -0.4 is 0 Å². The van der Waals surface area contributed by atoms with Crippen molar-refractivity contribution in [1.82, 2.24) is 0 Å². The van der Waals surface area contributed by atoms with Crippen LogP contribution in [0.2, 0.25) is 0 Å². The monoisotopic (exact) mass is 446 g/mol. The maximum Gasteiger partial charge on any atom is 0.186 e. The Morgan fingerprint density at radius 3 is 1.29 bits per heavy atom. The van der Waals surface area contributed by atoms with Crippen LogP contribution >= 0.6 is 63.7 Å². The van der Waals surface area contributed by atoms with E-state index in [1.54, 1.807) is 0 Å². The molecular weight excluding hydrogens is 448 g/mol. The Hall–Kier alpha value is 0.480. The lowest BCUT2D eigenvalue weighted by atomic mass is 10.3. The van der Waals surface area contributed by atoms with E-state index >= 15 is 0 Å². The first-order valence-corrected chi connectivity index (χ1v) is 6.65. The van der Waals surface area contributed by atoms with Crippen LogP contribution in [0.4, 0.5) is 0 Å². The zero-order valence-corrected chi connectivity index (χ0v) is 12.8. The van der Waals surface area contributed by atoms with Crippen molar-refractivity contribution in [2.45, 2.75) is 0 Å². The van der Waals surface area contributed by atoms with E-state index in [4.69, 9.17) is 8.83 Å². The number of hydrogen-bond donors (Lipinski definition) is 0. The summed E-state index contributed by atoms with van der Waals surface area (Å²) in [4.78, 5) is 0. The molecule has 0 amide bonds. The molecule has 0 bridgehead atoms. The summed E-state index contributed by atoms with van der Waals surface area (Å²) in [6.45, 7) is 0. The molecule has 2 heterocycles. The molecule has 0 spiro atoms. The molecule has 0 atom stereocenters. The molecule has 14 heavy (non-hydrogen) atoms. The van der Waals surface area contributed by atoms with Gasteiger partial charge in [0.05, 0.1) is 8.95 Å². The van der Waals surface area contributed by atoms with Gasteiger partial charge in [0.2, 0.25) is 0 Å². The summed E-state index contributed by atoms with van der Waals surface area (Å²) in [5, 5.41) is 0. The lowest BCUT2D eigenvalue weighted by Gasteiger charge is -1.92. The second-order valence-corrected chi connectivity index (χ2v) is 5.73. The molecular formula is C8H2Br4O2. The fourth-order valence-electron chi connectivity index (χ4n) is 0.991. The molecule has 2 aromatic rings. The van der Waals surface area contributed by atoms with Gasteiger partial charge in [-0.05, 0) is 63.7 Å². The summed E-state index contributed by atoms with van der Waals surface area (Å²) < 4.78 is 13.8. The van der Waals surface area contributed by atoms with Gasteiger partial charge in [-0.2, -0.15) is 0 Å². The number of halogens is 4. The van der Waals surface area contributed by atoms with Crippen molar-refractivity contribution in [2.75, 3.05) is 0 Å². The Kier molecular flexibility index (Phi) is 3.26. The van der Waals surface area contributed by atoms with E-state index in [1.807, 2.05) is 12.1 Å². The summed E-state index contributed by atoms with van der Waals surface area (Å²) in [5.41, 5.74) is 0. The van der Waals surface area contributed by atoms with E-state index in [-0.39, 0.29) is 0 Å². The minimum atomic E-state index is 0.648. The van der Waals surface area contributed by atoms with E-state index < -0.39 is 0 Å². The highest BCUT2D eigenvalue weighted by Crippen LogP contribution is 2.40. The minimum absolute atomic E-state index is 0.648. The van der Waals surface area contributed by atoms with Crippen LogP contribution in [0.15, 0.2) is 39.3 Å². The largest absolute Gasteiger partial charge is 0.445 e. The molecule has 6 heteroatoms. The third kappa shape index (κ3) is 2.03. The summed E-state index contributed by atoms with van der Waals surface area (Å²) >= 11 is 13.2. The van der Waals surface area contributed by atoms with Crippen LogP contribution in [0.25, 0.3) is 11.5 Å². The zero-order chi connectivity index (χ0) is 10.3. The first kappa shape index (κ1) is 11.0. The molecule has 0 aliphatic carbocycles. The van der Waals surface area contributed by atoms with Crippen LogP contribution in [0.1, 0.15) is 0 Å². The summed E-state index contributed by atoms with van der Waals surface area (Å²) in [6, 6.07) is 3.64. The Bertz CT molecular complexity index is 427. The molecule has 0 aliphatic heterocycles. The normalized spacial score (nSPS) is 10.9. The fourth-order valence-corrected chi connectivity index (χ4v) is 3.33. The fraction of sp³-hybridized carbons (Fsp3) is 0. The predicted octanol–water partition coefficient (Wildman–Crippen LogP) is 5.59. The van der Waals surface area contributed by atoms with Gasteiger partial charge < -0.3 is 8.83 Å². The SMILES string of the molecule is Brc1cc(Br)c(-c2oc(Br)cc2Br)o1. The minimum Gasteiger partial charge on any atom is -0.445 e. The van der Waals surface area contributed by atoms with Gasteiger partial charge in [-0.25, -0.2) is 0 Å². The van der Waals surface area contributed by atoms with Crippen molar-refractivity contribution < 1.29 is 8.83 Å². The van der Waals surface area contributed by atoms with Crippen molar-refractivity contribution in [2.24, 2.45) is 0 Å². The number of rotatable bonds is 1. The molecule has 2 nitrogen and oxygen atoms in total. The van der Waals surface area contributed by atoms with Crippen LogP contribution in [-0.2, 0) is 0 Å². The lowest BCUT2D eigenvalue weighted by molar-refractivity contribution is 0.498. The van der Waals surface area contributed by atoms with Gasteiger partial charge in [0.15, 0.2) is 20.9 Å². The summed E-state index contributed by atoms with van der Waals surface area (Å²) in [5.74, 6) is 1.30. The van der Waals surface area contributed by atoms with Crippen molar-refractivity contribution in [3.63, 3.8) is 0 Å². The van der Waals surface area contributed by atoms with Crippen molar-refractivity contribution in [1.29, 1.82) is 0 Å². The average Bonchev–Trinajstić information content (AvgIpc) is 2.55. The first-order chi connectivity index (χ1) is 6.58. The molecule has 0 fully saturated rings. The van der Waals surface area contributed by atoms with E-state index in [2.05, 4.69) is 63.7 Å². The predicted molar refractivity (Wildman–Crippen MR) is 67.2 cm³/mol. The Morgan fingerprint density at radius 2 is 1.07 bits per heavy atom. The highest BCUT2D eigenvalue weighted by Gasteiger charge is 2.17. The summed E-state index contributed by atoms with van der Waals surface area (Å²) in [7, 11) is 0. The van der Waals surface area contributed by atoms with Gasteiger partial charge >= 0.3 is 0 Å². The average molecular weight is 450 g/mol. The third-order valence-electron chi connectivity index (χ3n) is 1.52. The smallest absolute Gasteiger partial charge is 0.186 e. The molecule has 0 N–H and O–H groups in total. The highest BCUT2D eigenvalue weighted by molar-refractivity contribution is 9.11. The van der Waals surface area contributed by atoms with Crippen molar-refractivity contribution in [3.05, 3.63) is 30.4 Å².